The number of methoxy groups -OCH3 is 1. The smallest absolute Gasteiger partial charge is 0.422 e. The fourth-order valence-corrected chi connectivity index (χ4v) is 4.99. The molecule has 2 heterocycles. The van der Waals surface area contributed by atoms with Gasteiger partial charge in [-0.15, -0.1) is 0 Å². The van der Waals surface area contributed by atoms with Crippen LogP contribution in [0.1, 0.15) is 57.7 Å². The third-order valence-electron chi connectivity index (χ3n) is 6.77. The minimum atomic E-state index is -4.43. The summed E-state index contributed by atoms with van der Waals surface area (Å²) in [6, 6.07) is 2.74. The maximum atomic E-state index is 12.7. The zero-order chi connectivity index (χ0) is 25.2. The number of esters is 1. The molecule has 2 aliphatic heterocycles. The summed E-state index contributed by atoms with van der Waals surface area (Å²) in [5.41, 5.74) is 7.97. The molecular formula is C25H37F3N2O4. The molecule has 0 saturated carbocycles. The maximum absolute atomic E-state index is 12.7. The molecule has 0 aliphatic carbocycles. The van der Waals surface area contributed by atoms with Gasteiger partial charge in [-0.1, -0.05) is 27.7 Å². The topological polar surface area (TPSA) is 74.0 Å². The van der Waals surface area contributed by atoms with Crippen LogP contribution in [0, 0.1) is 17.8 Å². The summed E-state index contributed by atoms with van der Waals surface area (Å²) in [5, 5.41) is 0. The van der Waals surface area contributed by atoms with E-state index in [9.17, 15) is 18.0 Å². The zero-order valence-electron chi connectivity index (χ0n) is 20.7. The molecule has 6 nitrogen and oxygen atoms in total. The number of ether oxygens (including phenoxy) is 3. The van der Waals surface area contributed by atoms with Crippen molar-refractivity contribution in [3.8, 4) is 11.5 Å². The van der Waals surface area contributed by atoms with Crippen LogP contribution in [-0.4, -0.2) is 56.0 Å². The van der Waals surface area contributed by atoms with Crippen molar-refractivity contribution in [1.82, 2.24) is 4.90 Å². The first-order valence-corrected chi connectivity index (χ1v) is 12.0. The summed E-state index contributed by atoms with van der Waals surface area (Å²) in [6.45, 7) is 8.29. The van der Waals surface area contributed by atoms with Crippen molar-refractivity contribution in [2.45, 2.75) is 71.3 Å². The van der Waals surface area contributed by atoms with Gasteiger partial charge in [-0.3, -0.25) is 9.69 Å². The summed E-state index contributed by atoms with van der Waals surface area (Å²) in [5.74, 6) is 0.595. The van der Waals surface area contributed by atoms with Gasteiger partial charge in [0.1, 0.15) is 12.1 Å². The molecule has 1 aromatic carbocycles. The van der Waals surface area contributed by atoms with E-state index in [1.54, 1.807) is 12.1 Å². The van der Waals surface area contributed by atoms with Crippen molar-refractivity contribution in [1.29, 1.82) is 0 Å². The molecule has 3 unspecified atom stereocenters. The van der Waals surface area contributed by atoms with Gasteiger partial charge in [-0.05, 0) is 47.9 Å². The number of nitrogens with zero attached hydrogens (tertiary/aromatic N) is 1. The Hall–Kier alpha value is -2.00. The molecule has 4 atom stereocenters. The Kier molecular flexibility index (Phi) is 8.39. The highest BCUT2D eigenvalue weighted by Crippen LogP contribution is 2.44. The molecule has 1 saturated heterocycles. The largest absolute Gasteiger partial charge is 0.493 e. The number of benzene rings is 1. The van der Waals surface area contributed by atoms with Crippen LogP contribution >= 0.6 is 0 Å². The number of nitrogens with two attached hydrogens (primary N) is 1. The summed E-state index contributed by atoms with van der Waals surface area (Å²) in [7, 11) is 1.42. The third-order valence-corrected chi connectivity index (χ3v) is 6.77. The van der Waals surface area contributed by atoms with Gasteiger partial charge in [0.05, 0.1) is 7.11 Å². The van der Waals surface area contributed by atoms with Crippen LogP contribution in [0.25, 0.3) is 0 Å². The number of rotatable bonds is 8. The second-order valence-corrected chi connectivity index (χ2v) is 10.2. The Labute approximate surface area is 199 Å². The second kappa shape index (κ2) is 10.7. The fraction of sp³-hybridized carbons (Fsp3) is 0.720. The lowest BCUT2D eigenvalue weighted by molar-refractivity contribution is -0.160. The molecule has 192 valence electrons. The molecule has 3 rings (SSSR count). The third kappa shape index (κ3) is 6.36. The molecule has 0 radical (unpaired) electrons. The maximum Gasteiger partial charge on any atom is 0.422 e. The number of piperidine rings is 1. The lowest BCUT2D eigenvalue weighted by Crippen LogP contribution is -2.51. The molecule has 1 aromatic rings. The first-order valence-electron chi connectivity index (χ1n) is 12.0. The van der Waals surface area contributed by atoms with Gasteiger partial charge in [0.15, 0.2) is 18.1 Å². The lowest BCUT2D eigenvalue weighted by atomic mass is 9.79. The number of fused-ring (bicyclic) bond motifs is 3. The first-order chi connectivity index (χ1) is 15.9. The highest BCUT2D eigenvalue weighted by Gasteiger charge is 2.42. The van der Waals surface area contributed by atoms with E-state index in [0.717, 1.165) is 30.6 Å². The fourth-order valence-electron chi connectivity index (χ4n) is 4.99. The van der Waals surface area contributed by atoms with E-state index < -0.39 is 18.8 Å². The van der Waals surface area contributed by atoms with Crippen LogP contribution in [0.4, 0.5) is 13.2 Å². The van der Waals surface area contributed by atoms with Gasteiger partial charge in [0.25, 0.3) is 0 Å². The monoisotopic (exact) mass is 486 g/mol. The quantitative estimate of drug-likeness (QED) is 0.546. The van der Waals surface area contributed by atoms with Crippen LogP contribution < -0.4 is 15.2 Å². The molecule has 2 N–H and O–H groups in total. The number of halogens is 3. The Balaban J connectivity index is 1.87. The van der Waals surface area contributed by atoms with Crippen LogP contribution in [0.2, 0.25) is 0 Å². The molecule has 1 fully saturated rings. The van der Waals surface area contributed by atoms with E-state index in [1.165, 1.54) is 7.11 Å². The highest BCUT2D eigenvalue weighted by atomic mass is 19.4. The van der Waals surface area contributed by atoms with Gasteiger partial charge in [-0.2, -0.15) is 13.2 Å². The molecule has 9 heteroatoms. The average molecular weight is 487 g/mol. The van der Waals surface area contributed by atoms with E-state index in [1.807, 2.05) is 13.8 Å². The number of hydrogen-bond donors (Lipinski definition) is 1. The minimum Gasteiger partial charge on any atom is -0.493 e. The molecule has 0 spiro atoms. The lowest BCUT2D eigenvalue weighted by Gasteiger charge is -2.47. The van der Waals surface area contributed by atoms with E-state index in [2.05, 4.69) is 18.7 Å². The van der Waals surface area contributed by atoms with Crippen molar-refractivity contribution < 1.29 is 32.2 Å². The van der Waals surface area contributed by atoms with Crippen LogP contribution in [-0.2, 0) is 16.0 Å². The SMILES string of the molecule is COc1cc2c(cc1OCC(F)(F)F)CCN1CC(CC(C)C)C(OC(=O)[C@@H](N)C(C)C)CC21. The van der Waals surface area contributed by atoms with Crippen LogP contribution in [0.15, 0.2) is 12.1 Å². The van der Waals surface area contributed by atoms with Crippen LogP contribution in [0.3, 0.4) is 0 Å². The van der Waals surface area contributed by atoms with Gasteiger partial charge in [0.2, 0.25) is 0 Å². The van der Waals surface area contributed by atoms with E-state index in [4.69, 9.17) is 19.9 Å². The predicted molar refractivity (Wildman–Crippen MR) is 123 cm³/mol. The Morgan fingerprint density at radius 1 is 1.21 bits per heavy atom. The van der Waals surface area contributed by atoms with Gasteiger partial charge < -0.3 is 19.9 Å². The average Bonchev–Trinajstić information content (AvgIpc) is 2.75. The summed E-state index contributed by atoms with van der Waals surface area (Å²) >= 11 is 0. The summed E-state index contributed by atoms with van der Waals surface area (Å²) in [4.78, 5) is 15.1. The first kappa shape index (κ1) is 26.6. The number of alkyl halides is 3. The molecular weight excluding hydrogens is 449 g/mol. The summed E-state index contributed by atoms with van der Waals surface area (Å²) in [6.07, 6.45) is -2.47. The van der Waals surface area contributed by atoms with Gasteiger partial charge in [0, 0.05) is 31.5 Å². The van der Waals surface area contributed by atoms with Crippen molar-refractivity contribution >= 4 is 5.97 Å². The number of hydrogen-bond acceptors (Lipinski definition) is 6. The van der Waals surface area contributed by atoms with Crippen LogP contribution in [0.5, 0.6) is 11.5 Å². The molecule has 34 heavy (non-hydrogen) atoms. The summed E-state index contributed by atoms with van der Waals surface area (Å²) < 4.78 is 54.5. The predicted octanol–water partition coefficient (Wildman–Crippen LogP) is 4.50. The van der Waals surface area contributed by atoms with Crippen molar-refractivity contribution in [3.63, 3.8) is 0 Å². The molecule has 2 aliphatic rings. The van der Waals surface area contributed by atoms with Crippen molar-refractivity contribution in [2.75, 3.05) is 26.8 Å². The Morgan fingerprint density at radius 3 is 2.50 bits per heavy atom. The highest BCUT2D eigenvalue weighted by molar-refractivity contribution is 5.76. The van der Waals surface area contributed by atoms with Gasteiger partial charge >= 0.3 is 12.1 Å². The standard InChI is InChI=1S/C25H37F3N2O4/c1-14(2)8-17-12-30-7-6-16-9-22(33-13-25(26,27)28)21(32-5)10-18(16)19(30)11-20(17)34-24(31)23(29)15(3)4/h9-10,14-15,17,19-20,23H,6-8,11-13,29H2,1-5H3/t17?,19?,20?,23-/m0/s1. The second-order valence-electron chi connectivity index (χ2n) is 10.2. The normalized spacial score (nSPS) is 23.9. The molecule has 0 aromatic heterocycles. The number of carbonyl (C=O) groups excluding carboxylic acids is 1. The van der Waals surface area contributed by atoms with Crippen molar-refractivity contribution in [3.05, 3.63) is 23.3 Å². The minimum absolute atomic E-state index is 0.0223. The van der Waals surface area contributed by atoms with E-state index in [0.29, 0.717) is 18.8 Å². The molecule has 0 amide bonds. The Bertz CT molecular complexity index is 859. The van der Waals surface area contributed by atoms with E-state index in [-0.39, 0.29) is 41.4 Å². The van der Waals surface area contributed by atoms with Gasteiger partial charge in [-0.25, -0.2) is 0 Å². The Morgan fingerprint density at radius 2 is 1.91 bits per heavy atom. The van der Waals surface area contributed by atoms with E-state index >= 15 is 0 Å². The zero-order valence-corrected chi connectivity index (χ0v) is 20.7. The molecule has 0 bridgehead atoms. The number of carbonyl (C=O) groups is 1. The van der Waals surface area contributed by atoms with Crippen molar-refractivity contribution in [2.24, 2.45) is 23.5 Å².